The standard InChI is InChI=1S/C20H33N3O2/c1-16-5-7-18(8-6-16)17(2)15-23-20(21-3)22-11-4-12-25-19-9-13-24-14-10-19/h5-8,17,19H,4,9-15H2,1-3H3,(H2,21,22,23). The Hall–Kier alpha value is -1.59. The third-order valence-electron chi connectivity index (χ3n) is 4.58. The molecule has 1 atom stereocenters. The minimum absolute atomic E-state index is 0.376. The first-order valence-electron chi connectivity index (χ1n) is 9.39. The molecule has 1 aliphatic heterocycles. The van der Waals surface area contributed by atoms with E-state index in [4.69, 9.17) is 9.47 Å². The van der Waals surface area contributed by atoms with Crippen molar-refractivity contribution in [3.63, 3.8) is 0 Å². The SMILES string of the molecule is CN=C(NCCCOC1CCOCC1)NCC(C)c1ccc(C)cc1. The fraction of sp³-hybridized carbons (Fsp3) is 0.650. The van der Waals surface area contributed by atoms with Gasteiger partial charge in [0.15, 0.2) is 5.96 Å². The maximum atomic E-state index is 5.88. The summed E-state index contributed by atoms with van der Waals surface area (Å²) in [5, 5.41) is 6.76. The van der Waals surface area contributed by atoms with Gasteiger partial charge in [0.1, 0.15) is 0 Å². The highest BCUT2D eigenvalue weighted by molar-refractivity contribution is 5.79. The van der Waals surface area contributed by atoms with Gasteiger partial charge in [-0.1, -0.05) is 36.8 Å². The molecule has 1 unspecified atom stereocenters. The van der Waals surface area contributed by atoms with E-state index in [-0.39, 0.29) is 0 Å². The summed E-state index contributed by atoms with van der Waals surface area (Å²) in [4.78, 5) is 4.29. The van der Waals surface area contributed by atoms with Gasteiger partial charge in [-0.15, -0.1) is 0 Å². The summed E-state index contributed by atoms with van der Waals surface area (Å²) >= 11 is 0. The smallest absolute Gasteiger partial charge is 0.190 e. The van der Waals surface area contributed by atoms with Crippen LogP contribution in [0.25, 0.3) is 0 Å². The first-order valence-corrected chi connectivity index (χ1v) is 9.39. The van der Waals surface area contributed by atoms with Gasteiger partial charge in [0.25, 0.3) is 0 Å². The van der Waals surface area contributed by atoms with Crippen molar-refractivity contribution in [3.05, 3.63) is 35.4 Å². The molecule has 1 heterocycles. The van der Waals surface area contributed by atoms with Gasteiger partial charge in [-0.3, -0.25) is 4.99 Å². The Balaban J connectivity index is 1.59. The van der Waals surface area contributed by atoms with Crippen molar-refractivity contribution in [2.45, 2.75) is 45.1 Å². The van der Waals surface area contributed by atoms with E-state index in [1.807, 2.05) is 7.05 Å². The predicted molar refractivity (Wildman–Crippen MR) is 103 cm³/mol. The lowest BCUT2D eigenvalue weighted by atomic mass is 10.0. The van der Waals surface area contributed by atoms with Crippen LogP contribution >= 0.6 is 0 Å². The van der Waals surface area contributed by atoms with Gasteiger partial charge in [-0.05, 0) is 37.7 Å². The van der Waals surface area contributed by atoms with Crippen LogP contribution in [0.3, 0.4) is 0 Å². The monoisotopic (exact) mass is 347 g/mol. The van der Waals surface area contributed by atoms with E-state index in [1.54, 1.807) is 0 Å². The zero-order chi connectivity index (χ0) is 17.9. The summed E-state index contributed by atoms with van der Waals surface area (Å²) in [6.45, 7) is 8.52. The van der Waals surface area contributed by atoms with E-state index in [2.05, 4.69) is 53.7 Å². The van der Waals surface area contributed by atoms with Crippen molar-refractivity contribution in [1.82, 2.24) is 10.6 Å². The minimum Gasteiger partial charge on any atom is -0.381 e. The molecule has 5 nitrogen and oxygen atoms in total. The third-order valence-corrected chi connectivity index (χ3v) is 4.58. The van der Waals surface area contributed by atoms with E-state index < -0.39 is 0 Å². The maximum Gasteiger partial charge on any atom is 0.190 e. The Morgan fingerprint density at radius 1 is 1.24 bits per heavy atom. The molecule has 5 heteroatoms. The molecule has 0 bridgehead atoms. The number of rotatable bonds is 8. The average Bonchev–Trinajstić information content (AvgIpc) is 2.65. The van der Waals surface area contributed by atoms with Crippen molar-refractivity contribution in [3.8, 4) is 0 Å². The van der Waals surface area contributed by atoms with Crippen molar-refractivity contribution < 1.29 is 9.47 Å². The van der Waals surface area contributed by atoms with Crippen LogP contribution in [0.15, 0.2) is 29.3 Å². The molecule has 1 saturated heterocycles. The second kappa shape index (κ2) is 11.1. The largest absolute Gasteiger partial charge is 0.381 e. The fourth-order valence-electron chi connectivity index (χ4n) is 2.85. The van der Waals surface area contributed by atoms with Crippen LogP contribution in [-0.4, -0.2) is 52.0 Å². The minimum atomic E-state index is 0.376. The zero-order valence-corrected chi connectivity index (χ0v) is 15.9. The molecule has 1 fully saturated rings. The van der Waals surface area contributed by atoms with Gasteiger partial charge >= 0.3 is 0 Å². The van der Waals surface area contributed by atoms with Crippen LogP contribution in [0.2, 0.25) is 0 Å². The zero-order valence-electron chi connectivity index (χ0n) is 15.9. The summed E-state index contributed by atoms with van der Waals surface area (Å²) in [5.41, 5.74) is 2.64. The number of guanidine groups is 1. The van der Waals surface area contributed by atoms with Gasteiger partial charge in [-0.25, -0.2) is 0 Å². The Morgan fingerprint density at radius 2 is 1.96 bits per heavy atom. The molecule has 0 spiro atoms. The van der Waals surface area contributed by atoms with Gasteiger partial charge < -0.3 is 20.1 Å². The molecule has 0 saturated carbocycles. The number of benzene rings is 1. The first-order chi connectivity index (χ1) is 12.2. The first kappa shape index (κ1) is 19.7. The van der Waals surface area contributed by atoms with Gasteiger partial charge in [0, 0.05) is 40.0 Å². The maximum absolute atomic E-state index is 5.88. The lowest BCUT2D eigenvalue weighted by molar-refractivity contribution is -0.0320. The summed E-state index contributed by atoms with van der Waals surface area (Å²) in [7, 11) is 1.81. The second-order valence-corrected chi connectivity index (χ2v) is 6.73. The lowest BCUT2D eigenvalue weighted by Crippen LogP contribution is -2.39. The summed E-state index contributed by atoms with van der Waals surface area (Å²) in [6, 6.07) is 8.73. The molecule has 0 aliphatic carbocycles. The number of ether oxygens (including phenoxy) is 2. The molecule has 1 aliphatic rings. The molecular formula is C20H33N3O2. The molecule has 1 aromatic carbocycles. The molecule has 2 rings (SSSR count). The molecule has 25 heavy (non-hydrogen) atoms. The Bertz CT molecular complexity index is 510. The van der Waals surface area contributed by atoms with Crippen LogP contribution in [0, 0.1) is 6.92 Å². The number of aryl methyl sites for hydroxylation is 1. The average molecular weight is 348 g/mol. The van der Waals surface area contributed by atoms with Gasteiger partial charge in [0.2, 0.25) is 0 Å². The Kier molecular flexibility index (Phi) is 8.77. The normalized spacial score (nSPS) is 17.3. The van der Waals surface area contributed by atoms with Gasteiger partial charge in [-0.2, -0.15) is 0 Å². The Labute approximate surface area is 152 Å². The van der Waals surface area contributed by atoms with E-state index >= 15 is 0 Å². The van der Waals surface area contributed by atoms with E-state index in [0.717, 1.165) is 58.1 Å². The third kappa shape index (κ3) is 7.45. The molecule has 1 aromatic rings. The number of hydrogen-bond donors (Lipinski definition) is 2. The van der Waals surface area contributed by atoms with Crippen LogP contribution in [0.4, 0.5) is 0 Å². The van der Waals surface area contributed by atoms with Crippen molar-refractivity contribution in [2.24, 2.45) is 4.99 Å². The molecule has 2 N–H and O–H groups in total. The second-order valence-electron chi connectivity index (χ2n) is 6.73. The van der Waals surface area contributed by atoms with Crippen molar-refractivity contribution >= 4 is 5.96 Å². The van der Waals surface area contributed by atoms with Crippen LogP contribution in [-0.2, 0) is 9.47 Å². The predicted octanol–water partition coefficient (Wildman–Crippen LogP) is 2.85. The van der Waals surface area contributed by atoms with Crippen molar-refractivity contribution in [1.29, 1.82) is 0 Å². The lowest BCUT2D eigenvalue weighted by Gasteiger charge is -2.22. The number of nitrogens with zero attached hydrogens (tertiary/aromatic N) is 1. The summed E-state index contributed by atoms with van der Waals surface area (Å²) in [5.74, 6) is 1.29. The van der Waals surface area contributed by atoms with Crippen LogP contribution < -0.4 is 10.6 Å². The molecule has 140 valence electrons. The van der Waals surface area contributed by atoms with E-state index in [9.17, 15) is 0 Å². The van der Waals surface area contributed by atoms with Crippen molar-refractivity contribution in [2.75, 3.05) is 40.0 Å². The highest BCUT2D eigenvalue weighted by atomic mass is 16.5. The topological polar surface area (TPSA) is 54.9 Å². The van der Waals surface area contributed by atoms with Crippen LogP contribution in [0.5, 0.6) is 0 Å². The molecule has 0 radical (unpaired) electrons. The summed E-state index contributed by atoms with van der Waals surface area (Å²) < 4.78 is 11.2. The number of aliphatic imine (C=N–C) groups is 1. The number of nitrogens with one attached hydrogen (secondary N) is 2. The van der Waals surface area contributed by atoms with E-state index in [1.165, 1.54) is 11.1 Å². The quantitative estimate of drug-likeness (QED) is 0.431. The highest BCUT2D eigenvalue weighted by Crippen LogP contribution is 2.14. The fourth-order valence-corrected chi connectivity index (χ4v) is 2.85. The highest BCUT2D eigenvalue weighted by Gasteiger charge is 2.13. The van der Waals surface area contributed by atoms with E-state index in [0.29, 0.717) is 12.0 Å². The van der Waals surface area contributed by atoms with Crippen LogP contribution in [0.1, 0.15) is 43.2 Å². The Morgan fingerprint density at radius 3 is 2.64 bits per heavy atom. The van der Waals surface area contributed by atoms with Gasteiger partial charge in [0.05, 0.1) is 6.10 Å². The summed E-state index contributed by atoms with van der Waals surface area (Å²) in [6.07, 6.45) is 3.40. The molecular weight excluding hydrogens is 314 g/mol. The molecule has 0 aromatic heterocycles. The molecule has 0 amide bonds. The number of hydrogen-bond acceptors (Lipinski definition) is 3.